The molecule has 10 nitrogen and oxygen atoms in total. The molecule has 3 aromatic carbocycles. The molecule has 0 bridgehead atoms. The van der Waals surface area contributed by atoms with E-state index in [1.807, 2.05) is 52.3 Å². The van der Waals surface area contributed by atoms with Crippen molar-refractivity contribution in [1.29, 1.82) is 0 Å². The molecule has 0 aliphatic carbocycles. The van der Waals surface area contributed by atoms with Gasteiger partial charge in [-0.05, 0) is 48.4 Å². The van der Waals surface area contributed by atoms with Crippen LogP contribution in [0.4, 0.5) is 5.69 Å². The van der Waals surface area contributed by atoms with Crippen molar-refractivity contribution in [3.8, 4) is 23.0 Å². The molecule has 0 spiro atoms. The van der Waals surface area contributed by atoms with Crippen LogP contribution >= 0.6 is 0 Å². The first-order valence-electron chi connectivity index (χ1n) is 15.9. The second-order valence-electron chi connectivity index (χ2n) is 13.1. The average Bonchev–Trinajstić information content (AvgIpc) is 3.64. The average molecular weight is 633 g/mol. The van der Waals surface area contributed by atoms with E-state index in [-0.39, 0.29) is 25.9 Å². The summed E-state index contributed by atoms with van der Waals surface area (Å²) < 4.78 is 23.6. The monoisotopic (exact) mass is 632 g/mol. The van der Waals surface area contributed by atoms with Gasteiger partial charge in [-0.15, -0.1) is 0 Å². The lowest BCUT2D eigenvalue weighted by Crippen LogP contribution is -2.46. The number of carbonyl (C=O) groups excluding carboxylic acids is 1. The van der Waals surface area contributed by atoms with E-state index in [1.165, 1.54) is 0 Å². The zero-order chi connectivity index (χ0) is 32.8. The molecule has 2 aliphatic heterocycles. The normalized spacial score (nSPS) is 19.2. The summed E-state index contributed by atoms with van der Waals surface area (Å²) in [6.45, 7) is 4.13. The van der Waals surface area contributed by atoms with Crippen molar-refractivity contribution in [3.05, 3.63) is 77.9 Å². The molecule has 0 saturated carbocycles. The molecule has 1 fully saturated rings. The summed E-state index contributed by atoms with van der Waals surface area (Å²) in [6, 6.07) is 20.4. The Morgan fingerprint density at radius 3 is 2.48 bits per heavy atom. The van der Waals surface area contributed by atoms with Crippen molar-refractivity contribution in [2.24, 2.45) is 5.92 Å². The first-order chi connectivity index (χ1) is 22.1. The Hall–Kier alpha value is -4.28. The second-order valence-corrected chi connectivity index (χ2v) is 13.1. The molecule has 3 unspecified atom stereocenters. The van der Waals surface area contributed by atoms with Gasteiger partial charge in [0.25, 0.3) is 0 Å². The number of hydrogen-bond donors (Lipinski definition) is 1. The van der Waals surface area contributed by atoms with Gasteiger partial charge in [0.15, 0.2) is 23.0 Å². The Kier molecular flexibility index (Phi) is 10.4. The van der Waals surface area contributed by atoms with Gasteiger partial charge in [-0.2, -0.15) is 0 Å². The lowest BCUT2D eigenvalue weighted by atomic mass is 9.85. The topological polar surface area (TPSA) is 97.8 Å². The number of nitrogens with zero attached hydrogens (tertiary/aromatic N) is 3. The second kappa shape index (κ2) is 14.4. The van der Waals surface area contributed by atoms with E-state index in [9.17, 15) is 14.7 Å². The molecule has 5 rings (SSSR count). The lowest BCUT2D eigenvalue weighted by molar-refractivity contribution is -0.884. The number of rotatable bonds is 14. The van der Waals surface area contributed by atoms with E-state index >= 15 is 0 Å². The maximum atomic E-state index is 14.2. The number of likely N-dealkylation sites (tertiary alicyclic amines) is 1. The molecule has 0 aromatic heterocycles. The zero-order valence-corrected chi connectivity index (χ0v) is 27.5. The number of methoxy groups -OCH3 is 1. The van der Waals surface area contributed by atoms with Crippen molar-refractivity contribution in [3.63, 3.8) is 0 Å². The number of carboxylic acids is 1. The number of fused-ring (bicyclic) bond motifs is 1. The number of anilines is 1. The molecule has 3 atom stereocenters. The largest absolute Gasteiger partial charge is 0.493 e. The standard InChI is InChI=1S/C36H45N3O7/c1-6-7-17-38(27-12-10-11-25(18-27)22-39(2,3)4)34(40)21-37-20-28(26-15-16-32-33(19-26)46-24-45-32)35(36(41)42)29(37)23-44-31-14-9-8-13-30(31)43-5/h8-16,18-19,28-29,35H,6-7,17,20-24H2,1-5H3/p+1. The third-order valence-electron chi connectivity index (χ3n) is 8.59. The third kappa shape index (κ3) is 7.74. The van der Waals surface area contributed by atoms with E-state index in [4.69, 9.17) is 18.9 Å². The summed E-state index contributed by atoms with van der Waals surface area (Å²) in [5, 5.41) is 10.6. The van der Waals surface area contributed by atoms with Gasteiger partial charge in [0.1, 0.15) is 13.2 Å². The number of amides is 1. The first kappa shape index (κ1) is 33.1. The van der Waals surface area contributed by atoms with Crippen LogP contribution in [0, 0.1) is 5.92 Å². The minimum absolute atomic E-state index is 0.0497. The number of benzene rings is 3. The van der Waals surface area contributed by atoms with Crippen LogP contribution in [-0.2, 0) is 16.1 Å². The molecule has 1 N–H and O–H groups in total. The summed E-state index contributed by atoms with van der Waals surface area (Å²) in [6.07, 6.45) is 1.79. The van der Waals surface area contributed by atoms with E-state index in [2.05, 4.69) is 40.2 Å². The molecule has 246 valence electrons. The van der Waals surface area contributed by atoms with Crippen LogP contribution in [0.25, 0.3) is 0 Å². The number of carbonyl (C=O) groups is 2. The number of quaternary nitrogens is 1. The summed E-state index contributed by atoms with van der Waals surface area (Å²) in [5.41, 5.74) is 2.83. The van der Waals surface area contributed by atoms with Crippen molar-refractivity contribution in [2.75, 3.05) is 66.2 Å². The molecular weight excluding hydrogens is 586 g/mol. The summed E-state index contributed by atoms with van der Waals surface area (Å²) in [7, 11) is 7.99. The molecule has 0 radical (unpaired) electrons. The molecule has 1 amide bonds. The van der Waals surface area contributed by atoms with Crippen molar-refractivity contribution >= 4 is 17.6 Å². The predicted octanol–water partition coefficient (Wildman–Crippen LogP) is 5.01. The quantitative estimate of drug-likeness (QED) is 0.248. The van der Waals surface area contributed by atoms with Crippen LogP contribution in [0.1, 0.15) is 36.8 Å². The maximum absolute atomic E-state index is 14.2. The Morgan fingerprint density at radius 1 is 1.00 bits per heavy atom. The van der Waals surface area contributed by atoms with Crippen LogP contribution in [0.5, 0.6) is 23.0 Å². The molecule has 1 saturated heterocycles. The fourth-order valence-corrected chi connectivity index (χ4v) is 6.44. The predicted molar refractivity (Wildman–Crippen MR) is 176 cm³/mol. The summed E-state index contributed by atoms with van der Waals surface area (Å²) in [5.74, 6) is 0.0549. The molecular formula is C36H46N3O7+. The zero-order valence-electron chi connectivity index (χ0n) is 27.5. The number of hydrogen-bond acceptors (Lipinski definition) is 7. The van der Waals surface area contributed by atoms with Crippen LogP contribution in [-0.4, -0.2) is 93.7 Å². The first-order valence-corrected chi connectivity index (χ1v) is 15.9. The molecule has 2 aliphatic rings. The minimum Gasteiger partial charge on any atom is -0.493 e. The fourth-order valence-electron chi connectivity index (χ4n) is 6.44. The Morgan fingerprint density at radius 2 is 1.76 bits per heavy atom. The fraction of sp³-hybridized carbons (Fsp3) is 0.444. The molecule has 3 aromatic rings. The van der Waals surface area contributed by atoms with Gasteiger partial charge in [-0.3, -0.25) is 14.5 Å². The van der Waals surface area contributed by atoms with Crippen LogP contribution < -0.4 is 23.8 Å². The highest BCUT2D eigenvalue weighted by atomic mass is 16.7. The molecule has 2 heterocycles. The molecule has 46 heavy (non-hydrogen) atoms. The maximum Gasteiger partial charge on any atom is 0.308 e. The number of unbranched alkanes of at least 4 members (excludes halogenated alkanes) is 1. The van der Waals surface area contributed by atoms with Crippen molar-refractivity contribution in [1.82, 2.24) is 4.90 Å². The van der Waals surface area contributed by atoms with Crippen LogP contribution in [0.3, 0.4) is 0 Å². The molecule has 10 heteroatoms. The summed E-state index contributed by atoms with van der Waals surface area (Å²) in [4.78, 5) is 31.0. The van der Waals surface area contributed by atoms with Gasteiger partial charge in [0, 0.05) is 30.3 Å². The van der Waals surface area contributed by atoms with Gasteiger partial charge < -0.3 is 33.4 Å². The smallest absolute Gasteiger partial charge is 0.308 e. The van der Waals surface area contributed by atoms with Crippen LogP contribution in [0.2, 0.25) is 0 Å². The minimum atomic E-state index is -0.943. The van der Waals surface area contributed by atoms with Gasteiger partial charge in [0.05, 0.1) is 46.8 Å². The van der Waals surface area contributed by atoms with Crippen molar-refractivity contribution < 1.29 is 38.1 Å². The van der Waals surface area contributed by atoms with E-state index in [0.717, 1.165) is 40.7 Å². The number of para-hydroxylation sites is 2. The number of aliphatic carboxylic acids is 1. The Balaban J connectivity index is 1.45. The van der Waals surface area contributed by atoms with Gasteiger partial charge in [-0.1, -0.05) is 43.7 Å². The van der Waals surface area contributed by atoms with E-state index < -0.39 is 23.8 Å². The lowest BCUT2D eigenvalue weighted by Gasteiger charge is -2.30. The van der Waals surface area contributed by atoms with Crippen molar-refractivity contribution in [2.45, 2.75) is 38.3 Å². The number of carboxylic acid groups (broad SMARTS) is 1. The Labute approximate surface area is 271 Å². The van der Waals surface area contributed by atoms with E-state index in [1.54, 1.807) is 19.2 Å². The van der Waals surface area contributed by atoms with Gasteiger partial charge >= 0.3 is 5.97 Å². The highest BCUT2D eigenvalue weighted by Gasteiger charge is 2.48. The highest BCUT2D eigenvalue weighted by Crippen LogP contribution is 2.42. The highest BCUT2D eigenvalue weighted by molar-refractivity contribution is 5.95. The Bertz CT molecular complexity index is 1520. The van der Waals surface area contributed by atoms with Crippen LogP contribution in [0.15, 0.2) is 66.7 Å². The SMILES string of the molecule is CCCCN(C(=O)CN1CC(c2ccc3c(c2)OCO3)C(C(=O)O)C1COc1ccccc1OC)c1cccc(C[N+](C)(C)C)c1. The summed E-state index contributed by atoms with van der Waals surface area (Å²) >= 11 is 0. The van der Waals surface area contributed by atoms with Gasteiger partial charge in [0.2, 0.25) is 12.7 Å². The third-order valence-corrected chi connectivity index (χ3v) is 8.59. The number of ether oxygens (including phenoxy) is 4. The van der Waals surface area contributed by atoms with Gasteiger partial charge in [-0.25, -0.2) is 0 Å². The van der Waals surface area contributed by atoms with E-state index in [0.29, 0.717) is 36.1 Å².